The molecule has 0 fully saturated rings. The Kier molecular flexibility index (Phi) is 3.51. The molecular weight excluding hydrogens is 205 g/mol. The fourth-order valence-electron chi connectivity index (χ4n) is 1.85. The lowest BCUT2D eigenvalue weighted by Crippen LogP contribution is -2.29. The van der Waals surface area contributed by atoms with Gasteiger partial charge >= 0.3 is 0 Å². The molecule has 86 valence electrons. The van der Waals surface area contributed by atoms with Crippen molar-refractivity contribution in [1.82, 2.24) is 10.3 Å². The topological polar surface area (TPSA) is 28.2 Å². The Balaban J connectivity index is 2.26. The molecule has 0 saturated carbocycles. The summed E-state index contributed by atoms with van der Waals surface area (Å²) in [5.41, 5.74) is 0.669. The van der Waals surface area contributed by atoms with E-state index in [1.807, 2.05) is 11.9 Å². The van der Waals surface area contributed by atoms with Crippen LogP contribution in [0.2, 0.25) is 0 Å². The van der Waals surface area contributed by atoms with Crippen LogP contribution < -0.4 is 10.2 Å². The number of pyridine rings is 1. The predicted octanol–water partition coefficient (Wildman–Crippen LogP) is 1.71. The van der Waals surface area contributed by atoms with Gasteiger partial charge in [-0.2, -0.15) is 0 Å². The molecule has 3 nitrogen and oxygen atoms in total. The van der Waals surface area contributed by atoms with Crippen molar-refractivity contribution in [2.45, 2.75) is 13.0 Å². The number of nitrogens with one attached hydrogen (secondary N) is 1. The number of hydrogen-bond acceptors (Lipinski definition) is 3. The second kappa shape index (κ2) is 5.07. The first kappa shape index (κ1) is 11.1. The number of anilines is 1. The second-order valence-electron chi connectivity index (χ2n) is 3.84. The monoisotopic (exact) mass is 221 g/mol. The fourth-order valence-corrected chi connectivity index (χ4v) is 1.85. The van der Waals surface area contributed by atoms with Gasteiger partial charge in [-0.25, -0.2) is 9.37 Å². The molecule has 0 radical (unpaired) electrons. The lowest BCUT2D eigenvalue weighted by molar-refractivity contribution is 0.586. The zero-order chi connectivity index (χ0) is 11.4. The summed E-state index contributed by atoms with van der Waals surface area (Å²) in [6.45, 7) is 2.11. The van der Waals surface area contributed by atoms with Gasteiger partial charge in [0.2, 0.25) is 0 Å². The van der Waals surface area contributed by atoms with Crippen molar-refractivity contribution in [2.75, 3.05) is 25.0 Å². The molecule has 2 heterocycles. The highest BCUT2D eigenvalue weighted by Crippen LogP contribution is 2.20. The smallest absolute Gasteiger partial charge is 0.170 e. The van der Waals surface area contributed by atoms with E-state index in [0.717, 1.165) is 19.5 Å². The highest BCUT2D eigenvalue weighted by molar-refractivity contribution is 5.44. The van der Waals surface area contributed by atoms with E-state index < -0.39 is 0 Å². The fraction of sp³-hybridized carbons (Fsp3) is 0.417. The third-order valence-electron chi connectivity index (χ3n) is 2.68. The van der Waals surface area contributed by atoms with Crippen molar-refractivity contribution in [3.63, 3.8) is 0 Å². The van der Waals surface area contributed by atoms with E-state index in [1.165, 1.54) is 0 Å². The summed E-state index contributed by atoms with van der Waals surface area (Å²) >= 11 is 0. The molecule has 0 spiro atoms. The number of aromatic nitrogens is 1. The summed E-state index contributed by atoms with van der Waals surface area (Å²) in [5.74, 6) is 0.268. The molecule has 16 heavy (non-hydrogen) atoms. The zero-order valence-corrected chi connectivity index (χ0v) is 9.41. The van der Waals surface area contributed by atoms with Gasteiger partial charge in [0.25, 0.3) is 0 Å². The van der Waals surface area contributed by atoms with E-state index in [4.69, 9.17) is 0 Å². The number of rotatable bonds is 3. The van der Waals surface area contributed by atoms with Crippen molar-refractivity contribution < 1.29 is 4.39 Å². The zero-order valence-electron chi connectivity index (χ0n) is 9.41. The van der Waals surface area contributed by atoms with Crippen LogP contribution in [0.3, 0.4) is 0 Å². The Labute approximate surface area is 95.0 Å². The molecule has 1 aromatic rings. The molecule has 1 aliphatic heterocycles. The third kappa shape index (κ3) is 2.22. The molecule has 1 aliphatic rings. The predicted molar refractivity (Wildman–Crippen MR) is 62.9 cm³/mol. The van der Waals surface area contributed by atoms with Crippen LogP contribution in [-0.2, 0) is 6.54 Å². The standard InChI is InChI=1S/C12H16FN3/c1-14-9-10-5-6-15-12(11(10)13)16-7-3-2-4-8-16/h2-3,5-6,14H,4,7-9H2,1H3. The van der Waals surface area contributed by atoms with E-state index in [1.54, 1.807) is 12.3 Å². The molecule has 1 aromatic heterocycles. The first-order valence-corrected chi connectivity index (χ1v) is 5.51. The van der Waals surface area contributed by atoms with E-state index in [-0.39, 0.29) is 5.82 Å². The van der Waals surface area contributed by atoms with Crippen molar-refractivity contribution in [3.05, 3.63) is 35.8 Å². The second-order valence-corrected chi connectivity index (χ2v) is 3.84. The van der Waals surface area contributed by atoms with Crippen LogP contribution in [0.5, 0.6) is 0 Å². The van der Waals surface area contributed by atoms with Crippen molar-refractivity contribution >= 4 is 5.82 Å². The van der Waals surface area contributed by atoms with E-state index in [9.17, 15) is 4.39 Å². The summed E-state index contributed by atoms with van der Waals surface area (Å²) in [7, 11) is 1.81. The third-order valence-corrected chi connectivity index (χ3v) is 2.68. The molecule has 1 N–H and O–H groups in total. The quantitative estimate of drug-likeness (QED) is 0.787. The molecule has 0 atom stereocenters. The molecule has 4 heteroatoms. The van der Waals surface area contributed by atoms with Gasteiger partial charge in [0, 0.05) is 31.4 Å². The van der Waals surface area contributed by atoms with Crippen molar-refractivity contribution in [3.8, 4) is 0 Å². The van der Waals surface area contributed by atoms with Gasteiger partial charge in [-0.05, 0) is 19.5 Å². The minimum atomic E-state index is -0.202. The molecule has 0 bridgehead atoms. The lowest BCUT2D eigenvalue weighted by Gasteiger charge is -2.25. The van der Waals surface area contributed by atoms with Crippen molar-refractivity contribution in [1.29, 1.82) is 0 Å². The first-order valence-electron chi connectivity index (χ1n) is 5.51. The first-order chi connectivity index (χ1) is 7.83. The van der Waals surface area contributed by atoms with E-state index in [0.29, 0.717) is 17.9 Å². The highest BCUT2D eigenvalue weighted by atomic mass is 19.1. The van der Waals surface area contributed by atoms with Crippen LogP contribution in [0.25, 0.3) is 0 Å². The normalized spacial score (nSPS) is 15.5. The van der Waals surface area contributed by atoms with Gasteiger partial charge in [-0.1, -0.05) is 12.2 Å². The molecule has 0 unspecified atom stereocenters. The Morgan fingerprint density at radius 1 is 1.50 bits per heavy atom. The maximum Gasteiger partial charge on any atom is 0.170 e. The molecule has 2 rings (SSSR count). The summed E-state index contributed by atoms with van der Waals surface area (Å²) in [4.78, 5) is 6.10. The largest absolute Gasteiger partial charge is 0.350 e. The SMILES string of the molecule is CNCc1ccnc(N2CC=CCC2)c1F. The molecule has 0 amide bonds. The van der Waals surface area contributed by atoms with Gasteiger partial charge < -0.3 is 10.2 Å². The van der Waals surface area contributed by atoms with Gasteiger partial charge in [-0.3, -0.25) is 0 Å². The Hall–Kier alpha value is -1.42. The van der Waals surface area contributed by atoms with E-state index in [2.05, 4.69) is 22.5 Å². The number of halogens is 1. The van der Waals surface area contributed by atoms with Crippen molar-refractivity contribution in [2.24, 2.45) is 0 Å². The van der Waals surface area contributed by atoms with Gasteiger partial charge in [0.15, 0.2) is 11.6 Å². The minimum absolute atomic E-state index is 0.202. The summed E-state index contributed by atoms with van der Waals surface area (Å²) in [6.07, 6.45) is 6.79. The molecular formula is C12H16FN3. The minimum Gasteiger partial charge on any atom is -0.350 e. The molecule has 0 aliphatic carbocycles. The van der Waals surface area contributed by atoms with Gasteiger partial charge in [0.1, 0.15) is 0 Å². The van der Waals surface area contributed by atoms with Crippen LogP contribution in [0, 0.1) is 5.82 Å². The van der Waals surface area contributed by atoms with Crippen LogP contribution >= 0.6 is 0 Å². The van der Waals surface area contributed by atoms with E-state index >= 15 is 0 Å². The Morgan fingerprint density at radius 2 is 2.38 bits per heavy atom. The Morgan fingerprint density at radius 3 is 3.06 bits per heavy atom. The van der Waals surface area contributed by atoms with Crippen LogP contribution in [0.1, 0.15) is 12.0 Å². The maximum atomic E-state index is 14.1. The van der Waals surface area contributed by atoms with Gasteiger partial charge in [-0.15, -0.1) is 0 Å². The van der Waals surface area contributed by atoms with Gasteiger partial charge in [0.05, 0.1) is 0 Å². The van der Waals surface area contributed by atoms with Crippen LogP contribution in [0.4, 0.5) is 10.2 Å². The summed E-state index contributed by atoms with van der Waals surface area (Å²) < 4.78 is 14.1. The number of nitrogens with zero attached hydrogens (tertiary/aromatic N) is 2. The number of hydrogen-bond donors (Lipinski definition) is 1. The average molecular weight is 221 g/mol. The molecule has 0 saturated heterocycles. The summed E-state index contributed by atoms with van der Waals surface area (Å²) in [5, 5.41) is 2.95. The van der Waals surface area contributed by atoms with Crippen LogP contribution in [0.15, 0.2) is 24.4 Å². The molecule has 0 aromatic carbocycles. The Bertz CT molecular complexity index is 390. The maximum absolute atomic E-state index is 14.1. The lowest BCUT2D eigenvalue weighted by atomic mass is 10.2. The van der Waals surface area contributed by atoms with Crippen LogP contribution in [-0.4, -0.2) is 25.1 Å². The highest BCUT2D eigenvalue weighted by Gasteiger charge is 2.15. The summed E-state index contributed by atoms with van der Waals surface area (Å²) in [6, 6.07) is 1.72. The average Bonchev–Trinajstić information content (AvgIpc) is 2.33.